The maximum absolute atomic E-state index is 12.6. The number of aromatic nitrogens is 3. The maximum atomic E-state index is 12.6. The Kier molecular flexibility index (Phi) is 5.75. The van der Waals surface area contributed by atoms with E-state index in [2.05, 4.69) is 10.2 Å². The third kappa shape index (κ3) is 4.20. The minimum Gasteiger partial charge on any atom is -0.448 e. The van der Waals surface area contributed by atoms with E-state index < -0.39 is 12.1 Å². The van der Waals surface area contributed by atoms with E-state index in [1.165, 1.54) is 16.6 Å². The minimum absolute atomic E-state index is 0.0435. The molecule has 0 bridgehead atoms. The van der Waals surface area contributed by atoms with Crippen LogP contribution in [0, 0.1) is 6.92 Å². The molecule has 1 atom stereocenters. The molecule has 0 saturated heterocycles. The van der Waals surface area contributed by atoms with Crippen LogP contribution in [0.5, 0.6) is 0 Å². The number of nitrogens with zero attached hydrogens (tertiary/aromatic N) is 4. The van der Waals surface area contributed by atoms with Crippen molar-refractivity contribution in [1.82, 2.24) is 15.0 Å². The first-order chi connectivity index (χ1) is 13.4. The summed E-state index contributed by atoms with van der Waals surface area (Å²) in [4.78, 5) is 27.8. The fraction of sp³-hybridized carbons (Fsp3) is 0.200. The Morgan fingerprint density at radius 3 is 2.50 bits per heavy atom. The number of aryl methyl sites for hydroxylation is 1. The van der Waals surface area contributed by atoms with Gasteiger partial charge in [0.15, 0.2) is 11.8 Å². The molecular formula is C20H19ClN4O3. The van der Waals surface area contributed by atoms with Gasteiger partial charge in [-0.3, -0.25) is 4.79 Å². The lowest BCUT2D eigenvalue weighted by molar-refractivity contribution is -0.126. The van der Waals surface area contributed by atoms with Crippen molar-refractivity contribution in [3.8, 4) is 5.69 Å². The maximum Gasteiger partial charge on any atom is 0.361 e. The van der Waals surface area contributed by atoms with Gasteiger partial charge in [-0.25, -0.2) is 4.79 Å². The molecule has 3 rings (SSSR count). The molecule has 7 nitrogen and oxygen atoms in total. The number of para-hydroxylation sites is 1. The lowest BCUT2D eigenvalue weighted by Gasteiger charge is -2.21. The third-order valence-electron chi connectivity index (χ3n) is 4.12. The van der Waals surface area contributed by atoms with Gasteiger partial charge in [-0.1, -0.05) is 35.9 Å². The van der Waals surface area contributed by atoms with Gasteiger partial charge in [0.05, 0.1) is 11.4 Å². The summed E-state index contributed by atoms with van der Waals surface area (Å²) < 4.78 is 5.32. The van der Waals surface area contributed by atoms with E-state index in [9.17, 15) is 9.59 Å². The van der Waals surface area contributed by atoms with E-state index >= 15 is 0 Å². The Hall–Kier alpha value is -3.19. The fourth-order valence-corrected chi connectivity index (χ4v) is 2.79. The monoisotopic (exact) mass is 398 g/mol. The molecule has 0 unspecified atom stereocenters. The first-order valence-electron chi connectivity index (χ1n) is 8.60. The van der Waals surface area contributed by atoms with Crippen molar-refractivity contribution in [1.29, 1.82) is 0 Å². The third-order valence-corrected chi connectivity index (χ3v) is 4.36. The van der Waals surface area contributed by atoms with Crippen LogP contribution in [0.25, 0.3) is 5.69 Å². The van der Waals surface area contributed by atoms with Gasteiger partial charge < -0.3 is 9.64 Å². The van der Waals surface area contributed by atoms with Crippen molar-refractivity contribution in [3.63, 3.8) is 0 Å². The zero-order valence-electron chi connectivity index (χ0n) is 15.7. The number of rotatable bonds is 5. The highest BCUT2D eigenvalue weighted by Gasteiger charge is 2.26. The molecule has 2 aromatic carbocycles. The quantitative estimate of drug-likeness (QED) is 0.615. The molecule has 1 amide bonds. The molecule has 0 saturated carbocycles. The highest BCUT2D eigenvalue weighted by atomic mass is 35.5. The van der Waals surface area contributed by atoms with E-state index in [1.807, 2.05) is 18.2 Å². The molecule has 0 fully saturated rings. The van der Waals surface area contributed by atoms with Gasteiger partial charge in [-0.05, 0) is 44.2 Å². The normalized spacial score (nSPS) is 11.7. The molecule has 1 aromatic heterocycles. The van der Waals surface area contributed by atoms with Gasteiger partial charge in [0, 0.05) is 17.8 Å². The molecule has 3 aromatic rings. The van der Waals surface area contributed by atoms with Crippen molar-refractivity contribution in [2.24, 2.45) is 0 Å². The largest absolute Gasteiger partial charge is 0.448 e. The standard InChI is InChI=1S/C20H19ClN4O3/c1-13-18(23-25(22-13)17-11-7-8-15(21)12-17)20(27)28-14(2)19(26)24(3)16-9-5-4-6-10-16/h4-12,14H,1-3H3/t14-/m0/s1. The summed E-state index contributed by atoms with van der Waals surface area (Å²) in [7, 11) is 1.63. The predicted octanol–water partition coefficient (Wildman–Crippen LogP) is 3.44. The first kappa shape index (κ1) is 19.6. The Bertz CT molecular complexity index is 1000. The van der Waals surface area contributed by atoms with Crippen LogP contribution in [-0.2, 0) is 9.53 Å². The number of carbonyl (C=O) groups is 2. The van der Waals surface area contributed by atoms with Crippen LogP contribution in [0.3, 0.4) is 0 Å². The van der Waals surface area contributed by atoms with E-state index in [0.717, 1.165) is 0 Å². The summed E-state index contributed by atoms with van der Waals surface area (Å²) in [6.07, 6.45) is -0.978. The van der Waals surface area contributed by atoms with Crippen LogP contribution in [0.15, 0.2) is 54.6 Å². The SMILES string of the molecule is Cc1nn(-c2cccc(Cl)c2)nc1C(=O)O[C@@H](C)C(=O)N(C)c1ccccc1. The van der Waals surface area contributed by atoms with Crippen molar-refractivity contribution in [2.45, 2.75) is 20.0 Å². The summed E-state index contributed by atoms with van der Waals surface area (Å²) >= 11 is 5.99. The molecule has 8 heteroatoms. The summed E-state index contributed by atoms with van der Waals surface area (Å²) in [5, 5.41) is 8.94. The molecule has 0 aliphatic rings. The number of ether oxygens (including phenoxy) is 1. The highest BCUT2D eigenvalue weighted by molar-refractivity contribution is 6.30. The summed E-state index contributed by atoms with van der Waals surface area (Å²) in [6, 6.07) is 16.0. The number of esters is 1. The van der Waals surface area contributed by atoms with Crippen LogP contribution in [-0.4, -0.2) is 40.0 Å². The molecule has 28 heavy (non-hydrogen) atoms. The van der Waals surface area contributed by atoms with Crippen LogP contribution < -0.4 is 4.90 Å². The molecular weight excluding hydrogens is 380 g/mol. The van der Waals surface area contributed by atoms with E-state index in [0.29, 0.717) is 22.1 Å². The lowest BCUT2D eigenvalue weighted by atomic mass is 10.2. The van der Waals surface area contributed by atoms with Crippen LogP contribution in [0.4, 0.5) is 5.69 Å². The zero-order chi connectivity index (χ0) is 20.3. The predicted molar refractivity (Wildman–Crippen MR) is 106 cm³/mol. The number of halogens is 1. The van der Waals surface area contributed by atoms with E-state index in [4.69, 9.17) is 16.3 Å². The lowest BCUT2D eigenvalue weighted by Crippen LogP contribution is -2.37. The smallest absolute Gasteiger partial charge is 0.361 e. The summed E-state index contributed by atoms with van der Waals surface area (Å²) in [6.45, 7) is 3.17. The van der Waals surface area contributed by atoms with Gasteiger partial charge in [0.1, 0.15) is 0 Å². The van der Waals surface area contributed by atoms with Crippen LogP contribution in [0.2, 0.25) is 5.02 Å². The molecule has 0 N–H and O–H groups in total. The second-order valence-electron chi connectivity index (χ2n) is 6.18. The number of likely N-dealkylation sites (N-methyl/N-ethyl adjacent to an activating group) is 1. The number of carbonyl (C=O) groups excluding carboxylic acids is 2. The average Bonchev–Trinajstić information content (AvgIpc) is 3.09. The van der Waals surface area contributed by atoms with Crippen molar-refractivity contribution < 1.29 is 14.3 Å². The van der Waals surface area contributed by atoms with E-state index in [1.54, 1.807) is 50.4 Å². The van der Waals surface area contributed by atoms with Gasteiger partial charge in [0.25, 0.3) is 5.91 Å². The molecule has 0 aliphatic heterocycles. The summed E-state index contributed by atoms with van der Waals surface area (Å²) in [5.41, 5.74) is 1.75. The second-order valence-corrected chi connectivity index (χ2v) is 6.62. The van der Waals surface area contributed by atoms with Crippen LogP contribution >= 0.6 is 11.6 Å². The molecule has 144 valence electrons. The fourth-order valence-electron chi connectivity index (χ4n) is 2.60. The Labute approximate surface area is 167 Å². The Balaban J connectivity index is 1.73. The number of anilines is 1. The molecule has 1 heterocycles. The van der Waals surface area contributed by atoms with Crippen LogP contribution in [0.1, 0.15) is 23.1 Å². The Morgan fingerprint density at radius 1 is 1.11 bits per heavy atom. The summed E-state index contributed by atoms with van der Waals surface area (Å²) in [5.74, 6) is -1.06. The van der Waals surface area contributed by atoms with Gasteiger partial charge in [0.2, 0.25) is 0 Å². The first-order valence-corrected chi connectivity index (χ1v) is 8.98. The zero-order valence-corrected chi connectivity index (χ0v) is 16.4. The number of hydrogen-bond acceptors (Lipinski definition) is 5. The highest BCUT2D eigenvalue weighted by Crippen LogP contribution is 2.16. The minimum atomic E-state index is -0.978. The van der Waals surface area contributed by atoms with E-state index in [-0.39, 0.29) is 11.6 Å². The average molecular weight is 399 g/mol. The van der Waals surface area contributed by atoms with Gasteiger partial charge in [-0.15, -0.1) is 5.10 Å². The van der Waals surface area contributed by atoms with Crippen molar-refractivity contribution in [2.75, 3.05) is 11.9 Å². The topological polar surface area (TPSA) is 77.3 Å². The Morgan fingerprint density at radius 2 is 1.82 bits per heavy atom. The molecule has 0 radical (unpaired) electrons. The number of hydrogen-bond donors (Lipinski definition) is 0. The van der Waals surface area contributed by atoms with Crippen molar-refractivity contribution in [3.05, 3.63) is 71.0 Å². The number of amides is 1. The van der Waals surface area contributed by atoms with Gasteiger partial charge in [-0.2, -0.15) is 9.90 Å². The van der Waals surface area contributed by atoms with Crippen molar-refractivity contribution >= 4 is 29.2 Å². The number of benzene rings is 2. The van der Waals surface area contributed by atoms with Gasteiger partial charge >= 0.3 is 5.97 Å². The molecule has 0 aliphatic carbocycles. The second kappa shape index (κ2) is 8.22. The molecule has 0 spiro atoms.